The molecular formula is C27H35F3N2O4. The predicted octanol–water partition coefficient (Wildman–Crippen LogP) is 4.19. The normalized spacial score (nSPS) is 30.2. The highest BCUT2D eigenvalue weighted by Crippen LogP contribution is 2.46. The number of halogens is 3. The van der Waals surface area contributed by atoms with Gasteiger partial charge in [-0.15, -0.1) is 0 Å². The second-order valence-electron chi connectivity index (χ2n) is 11.5. The standard InChI is InChI=1S/C27H35F3N2O4/c1-17-22(23(33)32-10-6-18-4-5-20(27(28,29)30)14-19(18)16-32)26(36-24(17)34)8-11-31(12-9-26)21-7-13-35-25(2,3)15-21/h4-5,14,17,21-22H,6-13,15-16H2,1-3H3. The van der Waals surface area contributed by atoms with Crippen LogP contribution in [0.1, 0.15) is 63.1 Å². The molecule has 36 heavy (non-hydrogen) atoms. The Morgan fingerprint density at radius 3 is 2.50 bits per heavy atom. The number of carbonyl (C=O) groups excluding carboxylic acids is 2. The summed E-state index contributed by atoms with van der Waals surface area (Å²) < 4.78 is 51.6. The van der Waals surface area contributed by atoms with E-state index in [1.165, 1.54) is 6.07 Å². The van der Waals surface area contributed by atoms with E-state index in [4.69, 9.17) is 9.47 Å². The molecule has 0 aromatic heterocycles. The van der Waals surface area contributed by atoms with Gasteiger partial charge in [0, 0.05) is 51.7 Å². The van der Waals surface area contributed by atoms with Gasteiger partial charge in [0.05, 0.1) is 23.0 Å². The number of alkyl halides is 3. The summed E-state index contributed by atoms with van der Waals surface area (Å²) in [5.41, 5.74) is -0.363. The Balaban J connectivity index is 1.32. The van der Waals surface area contributed by atoms with Gasteiger partial charge in [0.15, 0.2) is 0 Å². The first-order valence-corrected chi connectivity index (χ1v) is 13.0. The zero-order valence-electron chi connectivity index (χ0n) is 21.2. The predicted molar refractivity (Wildman–Crippen MR) is 126 cm³/mol. The highest BCUT2D eigenvalue weighted by Gasteiger charge is 2.59. The minimum absolute atomic E-state index is 0.120. The van der Waals surface area contributed by atoms with Crippen molar-refractivity contribution in [3.8, 4) is 0 Å². The maximum Gasteiger partial charge on any atom is 0.416 e. The van der Waals surface area contributed by atoms with Crippen molar-refractivity contribution >= 4 is 11.9 Å². The molecule has 198 valence electrons. The van der Waals surface area contributed by atoms with Crippen LogP contribution in [0.3, 0.4) is 0 Å². The SMILES string of the molecule is CC1C(=O)OC2(CCN(C3CCOC(C)(C)C3)CC2)C1C(=O)N1CCc2ccc(C(F)(F)F)cc2C1. The summed E-state index contributed by atoms with van der Waals surface area (Å²) in [5, 5.41) is 0. The van der Waals surface area contributed by atoms with Crippen LogP contribution in [-0.4, -0.2) is 65.2 Å². The first-order valence-electron chi connectivity index (χ1n) is 13.0. The molecule has 5 rings (SSSR count). The van der Waals surface area contributed by atoms with Crippen LogP contribution in [0.2, 0.25) is 0 Å². The van der Waals surface area contributed by atoms with Crippen molar-refractivity contribution in [1.29, 1.82) is 0 Å². The molecule has 1 amide bonds. The van der Waals surface area contributed by atoms with Gasteiger partial charge in [-0.25, -0.2) is 0 Å². The highest BCUT2D eigenvalue weighted by atomic mass is 19.4. The third-order valence-electron chi connectivity index (χ3n) is 8.70. The summed E-state index contributed by atoms with van der Waals surface area (Å²) in [7, 11) is 0. The van der Waals surface area contributed by atoms with Crippen molar-refractivity contribution < 1.29 is 32.2 Å². The second-order valence-corrected chi connectivity index (χ2v) is 11.5. The van der Waals surface area contributed by atoms with Gasteiger partial charge in [0.1, 0.15) is 5.60 Å². The van der Waals surface area contributed by atoms with E-state index < -0.39 is 29.2 Å². The Morgan fingerprint density at radius 1 is 1.11 bits per heavy atom. The number of carbonyl (C=O) groups is 2. The third-order valence-corrected chi connectivity index (χ3v) is 8.70. The fourth-order valence-corrected chi connectivity index (χ4v) is 6.70. The molecule has 3 atom stereocenters. The summed E-state index contributed by atoms with van der Waals surface area (Å²) in [4.78, 5) is 30.6. The minimum Gasteiger partial charge on any atom is -0.458 e. The quantitative estimate of drug-likeness (QED) is 0.561. The first-order chi connectivity index (χ1) is 16.9. The second kappa shape index (κ2) is 9.01. The molecule has 0 aliphatic carbocycles. The maximum atomic E-state index is 13.8. The number of hydrogen-bond donors (Lipinski definition) is 0. The van der Waals surface area contributed by atoms with Crippen molar-refractivity contribution in [3.05, 3.63) is 34.9 Å². The number of hydrogen-bond acceptors (Lipinski definition) is 5. The molecule has 3 saturated heterocycles. The number of esters is 1. The van der Waals surface area contributed by atoms with E-state index in [2.05, 4.69) is 18.7 Å². The molecule has 4 aliphatic heterocycles. The molecular weight excluding hydrogens is 473 g/mol. The molecule has 1 aromatic rings. The van der Waals surface area contributed by atoms with Crippen molar-refractivity contribution in [1.82, 2.24) is 9.80 Å². The fraction of sp³-hybridized carbons (Fsp3) is 0.704. The van der Waals surface area contributed by atoms with Crippen LogP contribution in [0.25, 0.3) is 0 Å². The van der Waals surface area contributed by atoms with E-state index in [1.807, 2.05) is 0 Å². The van der Waals surface area contributed by atoms with Gasteiger partial charge in [0.25, 0.3) is 0 Å². The zero-order valence-corrected chi connectivity index (χ0v) is 21.2. The lowest BCUT2D eigenvalue weighted by molar-refractivity contribution is -0.160. The maximum absolute atomic E-state index is 13.8. The zero-order chi connectivity index (χ0) is 25.9. The first kappa shape index (κ1) is 25.5. The van der Waals surface area contributed by atoms with Crippen LogP contribution in [0.15, 0.2) is 18.2 Å². The number of rotatable bonds is 2. The van der Waals surface area contributed by atoms with Crippen LogP contribution >= 0.6 is 0 Å². The lowest BCUT2D eigenvalue weighted by Gasteiger charge is -2.47. The Bertz CT molecular complexity index is 1030. The number of fused-ring (bicyclic) bond motifs is 1. The fourth-order valence-electron chi connectivity index (χ4n) is 6.70. The number of likely N-dealkylation sites (tertiary alicyclic amines) is 1. The van der Waals surface area contributed by atoms with Gasteiger partial charge in [-0.2, -0.15) is 13.2 Å². The van der Waals surface area contributed by atoms with E-state index in [-0.39, 0.29) is 24.0 Å². The average molecular weight is 509 g/mol. The molecule has 0 N–H and O–H groups in total. The summed E-state index contributed by atoms with van der Waals surface area (Å²) in [5.74, 6) is -1.73. The van der Waals surface area contributed by atoms with Crippen molar-refractivity contribution in [3.63, 3.8) is 0 Å². The topological polar surface area (TPSA) is 59.1 Å². The molecule has 0 bridgehead atoms. The van der Waals surface area contributed by atoms with Gasteiger partial charge < -0.3 is 14.4 Å². The number of ether oxygens (including phenoxy) is 2. The van der Waals surface area contributed by atoms with Crippen LogP contribution in [0.5, 0.6) is 0 Å². The van der Waals surface area contributed by atoms with Crippen LogP contribution < -0.4 is 0 Å². The molecule has 1 aromatic carbocycles. The molecule has 4 aliphatic rings. The molecule has 3 unspecified atom stereocenters. The van der Waals surface area contributed by atoms with E-state index in [1.54, 1.807) is 11.8 Å². The monoisotopic (exact) mass is 508 g/mol. The highest BCUT2D eigenvalue weighted by molar-refractivity contribution is 5.89. The van der Waals surface area contributed by atoms with Crippen LogP contribution in [0, 0.1) is 11.8 Å². The Morgan fingerprint density at radius 2 is 1.83 bits per heavy atom. The van der Waals surface area contributed by atoms with E-state index in [0.29, 0.717) is 37.4 Å². The molecule has 1 spiro atoms. The van der Waals surface area contributed by atoms with Gasteiger partial charge in [-0.3, -0.25) is 14.5 Å². The Kier molecular flexibility index (Phi) is 6.39. The van der Waals surface area contributed by atoms with Gasteiger partial charge >= 0.3 is 12.1 Å². The summed E-state index contributed by atoms with van der Waals surface area (Å²) in [6.45, 7) is 8.70. The van der Waals surface area contributed by atoms with Gasteiger partial charge in [-0.1, -0.05) is 13.0 Å². The number of benzene rings is 1. The van der Waals surface area contributed by atoms with E-state index in [9.17, 15) is 22.8 Å². The molecule has 9 heteroatoms. The Labute approximate surface area is 210 Å². The van der Waals surface area contributed by atoms with Gasteiger partial charge in [0.2, 0.25) is 5.91 Å². The number of piperidine rings is 1. The largest absolute Gasteiger partial charge is 0.458 e. The molecule has 0 radical (unpaired) electrons. The Hall–Kier alpha value is -2.13. The summed E-state index contributed by atoms with van der Waals surface area (Å²) in [6, 6.07) is 4.17. The van der Waals surface area contributed by atoms with Crippen LogP contribution in [-0.2, 0) is 38.2 Å². The van der Waals surface area contributed by atoms with Gasteiger partial charge in [-0.05, 0) is 56.4 Å². The lowest BCUT2D eigenvalue weighted by atomic mass is 9.74. The summed E-state index contributed by atoms with van der Waals surface area (Å²) >= 11 is 0. The van der Waals surface area contributed by atoms with Crippen molar-refractivity contribution in [2.45, 2.75) is 82.8 Å². The molecule has 0 saturated carbocycles. The lowest BCUT2D eigenvalue weighted by Crippen LogP contribution is -2.56. The van der Waals surface area contributed by atoms with E-state index in [0.717, 1.165) is 50.2 Å². The summed E-state index contributed by atoms with van der Waals surface area (Å²) in [6.07, 6.45) is -0.873. The smallest absolute Gasteiger partial charge is 0.416 e. The minimum atomic E-state index is -4.43. The molecule has 4 heterocycles. The number of nitrogens with zero attached hydrogens (tertiary/aromatic N) is 2. The third kappa shape index (κ3) is 4.64. The van der Waals surface area contributed by atoms with Crippen molar-refractivity contribution in [2.24, 2.45) is 11.8 Å². The van der Waals surface area contributed by atoms with Crippen molar-refractivity contribution in [2.75, 3.05) is 26.2 Å². The number of amides is 1. The van der Waals surface area contributed by atoms with E-state index >= 15 is 0 Å². The molecule has 3 fully saturated rings. The van der Waals surface area contributed by atoms with Crippen LogP contribution in [0.4, 0.5) is 13.2 Å². The molecule has 6 nitrogen and oxygen atoms in total. The average Bonchev–Trinajstić information content (AvgIpc) is 3.06.